The van der Waals surface area contributed by atoms with Crippen LogP contribution in [0.5, 0.6) is 0 Å². The van der Waals surface area contributed by atoms with Crippen LogP contribution in [0.15, 0.2) is 16.8 Å². The first-order chi connectivity index (χ1) is 10.1. The number of nitrogens with one attached hydrogen (secondary N) is 2. The lowest BCUT2D eigenvalue weighted by Crippen LogP contribution is -2.40. The van der Waals surface area contributed by atoms with Gasteiger partial charge in [-0.15, -0.1) is 0 Å². The molecule has 0 bridgehead atoms. The Morgan fingerprint density at radius 3 is 2.67 bits per heavy atom. The summed E-state index contributed by atoms with van der Waals surface area (Å²) in [5.74, 6) is 0.658. The smallest absolute Gasteiger partial charge is 0.187 e. The van der Waals surface area contributed by atoms with E-state index in [2.05, 4.69) is 42.7 Å². The maximum Gasteiger partial charge on any atom is 0.187 e. The molecule has 0 amide bonds. The lowest BCUT2D eigenvalue weighted by molar-refractivity contribution is 0.412. The SMILES string of the molecule is CC(C)=CCCC(C)CC=NNC(=S)NC1CCCCC1. The van der Waals surface area contributed by atoms with Crippen molar-refractivity contribution in [1.29, 1.82) is 0 Å². The molecule has 1 aliphatic carbocycles. The van der Waals surface area contributed by atoms with Crippen molar-refractivity contribution in [2.45, 2.75) is 78.2 Å². The minimum absolute atomic E-state index is 0.539. The molecule has 0 radical (unpaired) electrons. The van der Waals surface area contributed by atoms with Crippen LogP contribution in [0.1, 0.15) is 72.1 Å². The van der Waals surface area contributed by atoms with Gasteiger partial charge in [0.2, 0.25) is 0 Å². The van der Waals surface area contributed by atoms with Crippen molar-refractivity contribution in [3.05, 3.63) is 11.6 Å². The molecule has 1 fully saturated rings. The van der Waals surface area contributed by atoms with E-state index >= 15 is 0 Å². The number of hydrazone groups is 1. The van der Waals surface area contributed by atoms with Crippen molar-refractivity contribution in [1.82, 2.24) is 10.7 Å². The molecule has 0 aromatic rings. The first-order valence-electron chi connectivity index (χ1n) is 8.29. The summed E-state index contributed by atoms with van der Waals surface area (Å²) in [7, 11) is 0. The van der Waals surface area contributed by atoms with Crippen molar-refractivity contribution in [2.24, 2.45) is 11.0 Å². The van der Waals surface area contributed by atoms with Crippen molar-refractivity contribution < 1.29 is 0 Å². The van der Waals surface area contributed by atoms with Gasteiger partial charge in [0, 0.05) is 12.3 Å². The van der Waals surface area contributed by atoms with Gasteiger partial charge >= 0.3 is 0 Å². The molecule has 1 saturated carbocycles. The normalized spacial score (nSPS) is 17.5. The highest BCUT2D eigenvalue weighted by molar-refractivity contribution is 7.80. The fourth-order valence-corrected chi connectivity index (χ4v) is 2.80. The summed E-state index contributed by atoms with van der Waals surface area (Å²) >= 11 is 5.27. The van der Waals surface area contributed by atoms with Crippen molar-refractivity contribution in [3.63, 3.8) is 0 Å². The monoisotopic (exact) mass is 309 g/mol. The molecule has 1 rings (SSSR count). The minimum Gasteiger partial charge on any atom is -0.359 e. The highest BCUT2D eigenvalue weighted by atomic mass is 32.1. The second-order valence-electron chi connectivity index (χ2n) is 6.43. The topological polar surface area (TPSA) is 36.4 Å². The first-order valence-corrected chi connectivity index (χ1v) is 8.70. The summed E-state index contributed by atoms with van der Waals surface area (Å²) < 4.78 is 0. The Balaban J connectivity index is 2.09. The van der Waals surface area contributed by atoms with E-state index in [9.17, 15) is 0 Å². The van der Waals surface area contributed by atoms with Gasteiger partial charge in [-0.2, -0.15) is 5.10 Å². The number of hydrogen-bond donors (Lipinski definition) is 2. The first kappa shape index (κ1) is 18.1. The second kappa shape index (κ2) is 10.8. The molecule has 0 aromatic heterocycles. The second-order valence-corrected chi connectivity index (χ2v) is 6.84. The number of rotatable bonds is 7. The molecule has 2 N–H and O–H groups in total. The van der Waals surface area contributed by atoms with Gasteiger partial charge in [-0.25, -0.2) is 0 Å². The van der Waals surface area contributed by atoms with Crippen molar-refractivity contribution >= 4 is 23.5 Å². The van der Waals surface area contributed by atoms with E-state index in [-0.39, 0.29) is 0 Å². The minimum atomic E-state index is 0.539. The maximum atomic E-state index is 5.27. The predicted molar refractivity (Wildman–Crippen MR) is 96.7 cm³/mol. The summed E-state index contributed by atoms with van der Waals surface area (Å²) in [6.07, 6.45) is 14.1. The molecule has 0 aromatic carbocycles. The molecule has 120 valence electrons. The number of allylic oxidation sites excluding steroid dienone is 2. The molecule has 0 heterocycles. The zero-order valence-corrected chi connectivity index (χ0v) is 14.6. The van der Waals surface area contributed by atoms with E-state index in [1.54, 1.807) is 0 Å². The predicted octanol–water partition coefficient (Wildman–Crippen LogP) is 4.54. The van der Waals surface area contributed by atoms with Crippen LogP contribution < -0.4 is 10.7 Å². The quantitative estimate of drug-likeness (QED) is 0.314. The summed E-state index contributed by atoms with van der Waals surface area (Å²) in [4.78, 5) is 0. The Labute approximate surface area is 135 Å². The van der Waals surface area contributed by atoms with E-state index in [0.29, 0.717) is 17.1 Å². The van der Waals surface area contributed by atoms with Gasteiger partial charge < -0.3 is 5.32 Å². The molecule has 3 nitrogen and oxygen atoms in total. The average molecular weight is 310 g/mol. The zero-order valence-electron chi connectivity index (χ0n) is 13.8. The Bertz CT molecular complexity index is 353. The third-order valence-corrected chi connectivity index (χ3v) is 4.13. The van der Waals surface area contributed by atoms with Gasteiger partial charge in [0.15, 0.2) is 5.11 Å². The zero-order chi connectivity index (χ0) is 15.5. The fraction of sp³-hybridized carbons (Fsp3) is 0.765. The fourth-order valence-electron chi connectivity index (χ4n) is 2.58. The van der Waals surface area contributed by atoms with Crippen LogP contribution in [-0.2, 0) is 0 Å². The Morgan fingerprint density at radius 2 is 2.00 bits per heavy atom. The van der Waals surface area contributed by atoms with Gasteiger partial charge in [0.25, 0.3) is 0 Å². The molecule has 0 aliphatic heterocycles. The van der Waals surface area contributed by atoms with Crippen LogP contribution in [0.25, 0.3) is 0 Å². The van der Waals surface area contributed by atoms with Crippen LogP contribution in [0.3, 0.4) is 0 Å². The third-order valence-electron chi connectivity index (χ3n) is 3.92. The van der Waals surface area contributed by atoms with Crippen molar-refractivity contribution in [2.75, 3.05) is 0 Å². The summed E-state index contributed by atoms with van der Waals surface area (Å²) in [5, 5.41) is 8.24. The molecule has 0 spiro atoms. The highest BCUT2D eigenvalue weighted by Gasteiger charge is 2.13. The molecule has 1 unspecified atom stereocenters. The molecule has 0 saturated heterocycles. The maximum absolute atomic E-state index is 5.27. The van der Waals surface area contributed by atoms with Gasteiger partial charge in [-0.3, -0.25) is 5.43 Å². The molecule has 21 heavy (non-hydrogen) atoms. The van der Waals surface area contributed by atoms with Gasteiger partial charge in [-0.1, -0.05) is 37.8 Å². The summed E-state index contributed by atoms with van der Waals surface area (Å²) in [6, 6.07) is 0.539. The summed E-state index contributed by atoms with van der Waals surface area (Å²) in [6.45, 7) is 6.57. The van der Waals surface area contributed by atoms with Gasteiger partial charge in [0.1, 0.15) is 0 Å². The van der Waals surface area contributed by atoms with Crippen molar-refractivity contribution in [3.8, 4) is 0 Å². The van der Waals surface area contributed by atoms with E-state index in [4.69, 9.17) is 12.2 Å². The van der Waals surface area contributed by atoms with Crippen LogP contribution in [0, 0.1) is 5.92 Å². The highest BCUT2D eigenvalue weighted by Crippen LogP contribution is 2.17. The lowest BCUT2D eigenvalue weighted by atomic mass is 9.96. The van der Waals surface area contributed by atoms with Crippen LogP contribution in [0.4, 0.5) is 0 Å². The Morgan fingerprint density at radius 1 is 1.29 bits per heavy atom. The standard InChI is InChI=1S/C17H31N3S/c1-14(2)8-7-9-15(3)12-13-18-20-17(21)19-16-10-5-4-6-11-16/h8,13,15-16H,4-7,9-12H2,1-3H3,(H2,19,20,21). The Hall–Kier alpha value is -0.900. The van der Waals surface area contributed by atoms with Crippen LogP contribution >= 0.6 is 12.2 Å². The molecule has 4 heteroatoms. The van der Waals surface area contributed by atoms with E-state index < -0.39 is 0 Å². The van der Waals surface area contributed by atoms with Gasteiger partial charge in [-0.05, 0) is 64.1 Å². The molecule has 1 aliphatic rings. The van der Waals surface area contributed by atoms with Gasteiger partial charge in [0.05, 0.1) is 0 Å². The number of thiocarbonyl (C=S) groups is 1. The van der Waals surface area contributed by atoms with Crippen LogP contribution in [0.2, 0.25) is 0 Å². The summed E-state index contributed by atoms with van der Waals surface area (Å²) in [5.41, 5.74) is 4.34. The molecular formula is C17H31N3S. The number of nitrogens with zero attached hydrogens (tertiary/aromatic N) is 1. The molecule has 1 atom stereocenters. The lowest BCUT2D eigenvalue weighted by Gasteiger charge is -2.23. The van der Waals surface area contributed by atoms with E-state index in [1.807, 2.05) is 6.21 Å². The average Bonchev–Trinajstić information content (AvgIpc) is 2.44. The Kier molecular flexibility index (Phi) is 9.31. The molecular weight excluding hydrogens is 278 g/mol. The number of hydrogen-bond acceptors (Lipinski definition) is 2. The van der Waals surface area contributed by atoms with E-state index in [0.717, 1.165) is 12.8 Å². The largest absolute Gasteiger partial charge is 0.359 e. The van der Waals surface area contributed by atoms with E-state index in [1.165, 1.54) is 44.1 Å². The third kappa shape index (κ3) is 9.62. The van der Waals surface area contributed by atoms with Crippen LogP contribution in [-0.4, -0.2) is 17.4 Å².